The average molecular weight is 366 g/mol. The van der Waals surface area contributed by atoms with Gasteiger partial charge in [-0.05, 0) is 18.2 Å². The average Bonchev–Trinajstić information content (AvgIpc) is 2.51. The van der Waals surface area contributed by atoms with E-state index in [1.165, 1.54) is 6.08 Å². The number of nitriles is 1. The van der Waals surface area contributed by atoms with Gasteiger partial charge in [0, 0.05) is 5.56 Å². The summed E-state index contributed by atoms with van der Waals surface area (Å²) in [5.74, 6) is -1.48. The van der Waals surface area contributed by atoms with Gasteiger partial charge in [-0.2, -0.15) is 5.26 Å². The van der Waals surface area contributed by atoms with Crippen LogP contribution in [0.2, 0.25) is 5.02 Å². The molecule has 1 atom stereocenters. The van der Waals surface area contributed by atoms with E-state index in [0.717, 1.165) is 0 Å². The molecule has 1 heterocycles. The summed E-state index contributed by atoms with van der Waals surface area (Å²) in [4.78, 5) is 22.4. The van der Waals surface area contributed by atoms with Gasteiger partial charge in [0.2, 0.25) is 0 Å². The van der Waals surface area contributed by atoms with Gasteiger partial charge in [-0.1, -0.05) is 23.7 Å². The molecule has 1 aliphatic heterocycles. The summed E-state index contributed by atoms with van der Waals surface area (Å²) in [6.45, 7) is -0.546. The summed E-state index contributed by atoms with van der Waals surface area (Å²) in [6, 6.07) is 6.70. The molecule has 9 heteroatoms. The van der Waals surface area contributed by atoms with Crippen molar-refractivity contribution in [2.24, 2.45) is 0 Å². The monoisotopic (exact) mass is 365 g/mol. The van der Waals surface area contributed by atoms with E-state index in [2.05, 4.69) is 23.3 Å². The van der Waals surface area contributed by atoms with Gasteiger partial charge in [-0.15, -0.1) is 12.6 Å². The van der Waals surface area contributed by atoms with E-state index in [4.69, 9.17) is 26.7 Å². The minimum Gasteiger partial charge on any atom is -0.480 e. The lowest BCUT2D eigenvalue weighted by Crippen LogP contribution is -2.46. The minimum atomic E-state index is -1.14. The maximum Gasteiger partial charge on any atom is 0.341 e. The van der Waals surface area contributed by atoms with Gasteiger partial charge in [0.15, 0.2) is 6.61 Å². The number of nitrogens with zero attached hydrogens (tertiary/aromatic N) is 1. The number of carbonyl (C=O) groups excluding carboxylic acids is 1. The van der Waals surface area contributed by atoms with Gasteiger partial charge >= 0.3 is 5.97 Å². The molecule has 0 bridgehead atoms. The molecule has 0 saturated carbocycles. The van der Waals surface area contributed by atoms with Crippen LogP contribution in [0.5, 0.6) is 5.75 Å². The van der Waals surface area contributed by atoms with E-state index < -0.39 is 24.0 Å². The number of para-hydroxylation sites is 1. The fourth-order valence-corrected chi connectivity index (χ4v) is 2.43. The molecular formula is C15H12ClN3O4S. The van der Waals surface area contributed by atoms with Crippen LogP contribution >= 0.6 is 24.2 Å². The zero-order valence-corrected chi connectivity index (χ0v) is 13.8. The van der Waals surface area contributed by atoms with Crippen molar-refractivity contribution in [1.29, 1.82) is 5.26 Å². The van der Waals surface area contributed by atoms with Gasteiger partial charge in [0.1, 0.15) is 22.9 Å². The number of rotatable bonds is 5. The Morgan fingerprint density at radius 2 is 2.21 bits per heavy atom. The number of carboxylic acid groups (broad SMARTS) is 1. The van der Waals surface area contributed by atoms with Crippen molar-refractivity contribution in [3.63, 3.8) is 0 Å². The number of thiol groups is 1. The zero-order chi connectivity index (χ0) is 17.7. The molecule has 0 spiro atoms. The Kier molecular flexibility index (Phi) is 5.73. The highest BCUT2D eigenvalue weighted by atomic mass is 35.5. The Morgan fingerprint density at radius 1 is 1.46 bits per heavy atom. The molecule has 0 radical (unpaired) electrons. The fourth-order valence-electron chi connectivity index (χ4n) is 1.93. The normalized spacial score (nSPS) is 17.2. The Hall–Kier alpha value is -2.63. The molecule has 24 heavy (non-hydrogen) atoms. The smallest absolute Gasteiger partial charge is 0.341 e. The summed E-state index contributed by atoms with van der Waals surface area (Å²) in [7, 11) is 0. The Morgan fingerprint density at radius 3 is 2.88 bits per heavy atom. The highest BCUT2D eigenvalue weighted by Crippen LogP contribution is 2.30. The van der Waals surface area contributed by atoms with Crippen LogP contribution < -0.4 is 15.4 Å². The molecule has 1 aromatic carbocycles. The number of aliphatic carboxylic acids is 1. The fraction of sp³-hybridized carbons (Fsp3) is 0.133. The van der Waals surface area contributed by atoms with E-state index in [-0.39, 0.29) is 22.0 Å². The summed E-state index contributed by atoms with van der Waals surface area (Å²) < 4.78 is 5.19. The molecule has 0 fully saturated rings. The molecule has 2 rings (SSSR count). The summed E-state index contributed by atoms with van der Waals surface area (Å²) in [5, 5.41) is 23.3. The number of carbonyl (C=O) groups is 2. The Bertz CT molecular complexity index is 785. The van der Waals surface area contributed by atoms with Crippen LogP contribution in [0, 0.1) is 11.3 Å². The van der Waals surface area contributed by atoms with Crippen molar-refractivity contribution in [1.82, 2.24) is 10.6 Å². The largest absolute Gasteiger partial charge is 0.480 e. The molecule has 124 valence electrons. The number of nitrogens with one attached hydrogen (secondary N) is 2. The van der Waals surface area contributed by atoms with Gasteiger partial charge in [-0.3, -0.25) is 4.79 Å². The second-order valence-corrected chi connectivity index (χ2v) is 5.52. The van der Waals surface area contributed by atoms with Gasteiger partial charge < -0.3 is 20.5 Å². The first-order valence-corrected chi connectivity index (χ1v) is 7.53. The number of allylic oxidation sites excluding steroid dienone is 1. The third-order valence-corrected chi connectivity index (χ3v) is 3.49. The van der Waals surface area contributed by atoms with Crippen LogP contribution in [0.15, 0.2) is 35.5 Å². The molecular weight excluding hydrogens is 354 g/mol. The molecule has 3 N–H and O–H groups in total. The highest BCUT2D eigenvalue weighted by molar-refractivity contribution is 7.80. The van der Waals surface area contributed by atoms with Crippen LogP contribution in [0.25, 0.3) is 6.08 Å². The number of carboxylic acids is 1. The van der Waals surface area contributed by atoms with Crippen molar-refractivity contribution < 1.29 is 19.4 Å². The lowest BCUT2D eigenvalue weighted by atomic mass is 10.1. The van der Waals surface area contributed by atoms with Gasteiger partial charge in [0.25, 0.3) is 5.91 Å². The second kappa shape index (κ2) is 7.77. The first-order chi connectivity index (χ1) is 11.4. The SMILES string of the molecule is N#CC1=C(/C=C/c2cccc(Cl)c2OCC(=O)O)NC(S)NC1=O. The summed E-state index contributed by atoms with van der Waals surface area (Å²) in [5.41, 5.74) is 0.0605. The molecule has 1 aromatic rings. The maximum absolute atomic E-state index is 11.7. The van der Waals surface area contributed by atoms with Crippen LogP contribution in [-0.4, -0.2) is 29.1 Å². The molecule has 1 aliphatic rings. The standard InChI is InChI=1S/C15H12ClN3O4S/c16-10-3-1-2-8(13(10)23-7-12(20)21)4-5-11-9(6-17)14(22)19-15(24)18-11/h1-5,15,18,24H,7H2,(H,19,22)(H,20,21)/b5-4+. The highest BCUT2D eigenvalue weighted by Gasteiger charge is 2.22. The number of benzene rings is 1. The van der Waals surface area contributed by atoms with Crippen LogP contribution in [0.4, 0.5) is 0 Å². The van der Waals surface area contributed by atoms with Crippen molar-refractivity contribution in [3.05, 3.63) is 46.1 Å². The van der Waals surface area contributed by atoms with E-state index in [1.807, 2.05) is 6.07 Å². The van der Waals surface area contributed by atoms with E-state index in [1.54, 1.807) is 24.3 Å². The molecule has 0 aliphatic carbocycles. The zero-order valence-electron chi connectivity index (χ0n) is 12.1. The third kappa shape index (κ3) is 4.22. The molecule has 1 amide bonds. The van der Waals surface area contributed by atoms with Gasteiger partial charge in [0.05, 0.1) is 10.7 Å². The quantitative estimate of drug-likeness (QED) is 0.589. The minimum absolute atomic E-state index is 0.0911. The molecule has 1 unspecified atom stereocenters. The number of ether oxygens (including phenoxy) is 1. The number of hydrogen-bond acceptors (Lipinski definition) is 6. The van der Waals surface area contributed by atoms with Crippen molar-refractivity contribution >= 4 is 42.2 Å². The first-order valence-electron chi connectivity index (χ1n) is 6.63. The number of halogens is 1. The number of amides is 1. The molecule has 7 nitrogen and oxygen atoms in total. The van der Waals surface area contributed by atoms with Crippen LogP contribution in [0.1, 0.15) is 5.56 Å². The van der Waals surface area contributed by atoms with Crippen LogP contribution in [-0.2, 0) is 9.59 Å². The molecule has 0 aromatic heterocycles. The third-order valence-electron chi connectivity index (χ3n) is 2.94. The van der Waals surface area contributed by atoms with Gasteiger partial charge in [-0.25, -0.2) is 4.79 Å². The predicted octanol–water partition coefficient (Wildman–Crippen LogP) is 1.53. The van der Waals surface area contributed by atoms with Crippen molar-refractivity contribution in [3.8, 4) is 11.8 Å². The van der Waals surface area contributed by atoms with Crippen molar-refractivity contribution in [2.45, 2.75) is 5.50 Å². The van der Waals surface area contributed by atoms with Crippen molar-refractivity contribution in [2.75, 3.05) is 6.61 Å². The second-order valence-electron chi connectivity index (χ2n) is 4.59. The van der Waals surface area contributed by atoms with E-state index >= 15 is 0 Å². The lowest BCUT2D eigenvalue weighted by Gasteiger charge is -2.22. The van der Waals surface area contributed by atoms with Crippen LogP contribution in [0.3, 0.4) is 0 Å². The maximum atomic E-state index is 11.7. The molecule has 0 saturated heterocycles. The topological polar surface area (TPSA) is 111 Å². The van der Waals surface area contributed by atoms with E-state index in [0.29, 0.717) is 5.56 Å². The summed E-state index contributed by atoms with van der Waals surface area (Å²) >= 11 is 10.1. The summed E-state index contributed by atoms with van der Waals surface area (Å²) in [6.07, 6.45) is 3.06. The number of hydrogen-bond donors (Lipinski definition) is 4. The lowest BCUT2D eigenvalue weighted by molar-refractivity contribution is -0.139. The Labute approximate surface area is 148 Å². The first kappa shape index (κ1) is 17.7. The Balaban J connectivity index is 2.35. The predicted molar refractivity (Wildman–Crippen MR) is 90.3 cm³/mol. The van der Waals surface area contributed by atoms with E-state index in [9.17, 15) is 9.59 Å².